The highest BCUT2D eigenvalue weighted by Gasteiger charge is 2.30. The van der Waals surface area contributed by atoms with Gasteiger partial charge in [0, 0.05) is 24.3 Å². The Labute approximate surface area is 108 Å². The van der Waals surface area contributed by atoms with Crippen LogP contribution in [-0.4, -0.2) is 37.5 Å². The molecule has 4 nitrogen and oxygen atoms in total. The summed E-state index contributed by atoms with van der Waals surface area (Å²) in [6.45, 7) is 6.93. The van der Waals surface area contributed by atoms with Gasteiger partial charge in [0.15, 0.2) is 0 Å². The number of aryl methyl sites for hydroxylation is 1. The topological polar surface area (TPSA) is 44.4 Å². The number of benzene rings is 1. The van der Waals surface area contributed by atoms with Crippen LogP contribution in [0.25, 0.3) is 0 Å². The van der Waals surface area contributed by atoms with E-state index in [9.17, 15) is 4.79 Å². The number of para-hydroxylation sites is 1. The SMILES string of the molecule is CCN(C)CCNC1C(=O)Nc2c(C)cccc21. The van der Waals surface area contributed by atoms with Crippen LogP contribution >= 0.6 is 0 Å². The molecule has 2 N–H and O–H groups in total. The van der Waals surface area contributed by atoms with Crippen molar-refractivity contribution in [3.63, 3.8) is 0 Å². The van der Waals surface area contributed by atoms with E-state index in [-0.39, 0.29) is 11.9 Å². The lowest BCUT2D eigenvalue weighted by molar-refractivity contribution is -0.117. The van der Waals surface area contributed by atoms with Crippen LogP contribution in [0.2, 0.25) is 0 Å². The maximum absolute atomic E-state index is 11.9. The van der Waals surface area contributed by atoms with Gasteiger partial charge in [0.1, 0.15) is 6.04 Å². The number of fused-ring (bicyclic) bond motifs is 1. The quantitative estimate of drug-likeness (QED) is 0.829. The van der Waals surface area contributed by atoms with Crippen LogP contribution in [0, 0.1) is 6.92 Å². The summed E-state index contributed by atoms with van der Waals surface area (Å²) in [4.78, 5) is 14.2. The number of hydrogen-bond acceptors (Lipinski definition) is 3. The van der Waals surface area contributed by atoms with Gasteiger partial charge in [-0.25, -0.2) is 0 Å². The van der Waals surface area contributed by atoms with Crippen LogP contribution in [0.4, 0.5) is 5.69 Å². The van der Waals surface area contributed by atoms with Crippen LogP contribution in [0.1, 0.15) is 24.1 Å². The minimum atomic E-state index is -0.204. The molecule has 1 amide bonds. The molecule has 1 atom stereocenters. The smallest absolute Gasteiger partial charge is 0.246 e. The molecule has 4 heteroatoms. The number of nitrogens with one attached hydrogen (secondary N) is 2. The number of nitrogens with zero attached hydrogens (tertiary/aromatic N) is 1. The molecule has 1 aromatic carbocycles. The maximum atomic E-state index is 11.9. The molecule has 0 aromatic heterocycles. The molecule has 0 saturated carbocycles. The molecule has 0 spiro atoms. The molecule has 0 bridgehead atoms. The van der Waals surface area contributed by atoms with Gasteiger partial charge in [-0.3, -0.25) is 4.79 Å². The van der Waals surface area contributed by atoms with E-state index >= 15 is 0 Å². The summed E-state index contributed by atoms with van der Waals surface area (Å²) in [7, 11) is 2.08. The van der Waals surface area contributed by atoms with Crippen LogP contribution in [-0.2, 0) is 4.79 Å². The zero-order valence-corrected chi connectivity index (χ0v) is 11.3. The predicted octanol–water partition coefficient (Wildman–Crippen LogP) is 1.53. The van der Waals surface area contributed by atoms with Gasteiger partial charge in [0.25, 0.3) is 0 Å². The van der Waals surface area contributed by atoms with Crippen LogP contribution < -0.4 is 10.6 Å². The Morgan fingerprint density at radius 3 is 2.94 bits per heavy atom. The molecular weight excluding hydrogens is 226 g/mol. The molecule has 18 heavy (non-hydrogen) atoms. The largest absolute Gasteiger partial charge is 0.324 e. The van der Waals surface area contributed by atoms with Crippen molar-refractivity contribution in [2.45, 2.75) is 19.9 Å². The molecule has 0 saturated heterocycles. The summed E-state index contributed by atoms with van der Waals surface area (Å²) in [5, 5.41) is 6.28. The van der Waals surface area contributed by atoms with E-state index in [1.165, 1.54) is 0 Å². The van der Waals surface area contributed by atoms with Gasteiger partial charge in [0.05, 0.1) is 0 Å². The summed E-state index contributed by atoms with van der Waals surface area (Å²) in [5.74, 6) is 0.0541. The summed E-state index contributed by atoms with van der Waals surface area (Å²) in [6, 6.07) is 5.83. The van der Waals surface area contributed by atoms with Gasteiger partial charge < -0.3 is 15.5 Å². The van der Waals surface area contributed by atoms with Crippen molar-refractivity contribution in [2.24, 2.45) is 0 Å². The first-order valence-electron chi connectivity index (χ1n) is 6.45. The summed E-state index contributed by atoms with van der Waals surface area (Å²) < 4.78 is 0. The van der Waals surface area contributed by atoms with Gasteiger partial charge in [-0.2, -0.15) is 0 Å². The third-order valence-electron chi connectivity index (χ3n) is 3.51. The van der Waals surface area contributed by atoms with Gasteiger partial charge >= 0.3 is 0 Å². The predicted molar refractivity (Wildman–Crippen MR) is 73.7 cm³/mol. The Morgan fingerprint density at radius 2 is 2.22 bits per heavy atom. The number of rotatable bonds is 5. The Kier molecular flexibility index (Phi) is 3.99. The minimum Gasteiger partial charge on any atom is -0.324 e. The van der Waals surface area contributed by atoms with Crippen LogP contribution in [0.5, 0.6) is 0 Å². The van der Waals surface area contributed by atoms with Crippen LogP contribution in [0.15, 0.2) is 18.2 Å². The Morgan fingerprint density at radius 1 is 1.44 bits per heavy atom. The Balaban J connectivity index is 2.02. The van der Waals surface area contributed by atoms with Crippen molar-refractivity contribution in [2.75, 3.05) is 32.0 Å². The third kappa shape index (κ3) is 2.54. The number of hydrogen-bond donors (Lipinski definition) is 2. The van der Waals surface area contributed by atoms with E-state index < -0.39 is 0 Å². The van der Waals surface area contributed by atoms with E-state index in [0.717, 1.165) is 36.4 Å². The van der Waals surface area contributed by atoms with Crippen molar-refractivity contribution in [1.29, 1.82) is 0 Å². The first kappa shape index (κ1) is 13.1. The standard InChI is InChI=1S/C14H21N3O/c1-4-17(3)9-8-15-13-11-7-5-6-10(2)12(11)16-14(13)18/h5-7,13,15H,4,8-9H2,1-3H3,(H,16,18). The first-order chi connectivity index (χ1) is 8.63. The molecular formula is C14H21N3O. The fourth-order valence-electron chi connectivity index (χ4n) is 2.20. The van der Waals surface area contributed by atoms with Crippen molar-refractivity contribution in [1.82, 2.24) is 10.2 Å². The van der Waals surface area contributed by atoms with Gasteiger partial charge in [-0.15, -0.1) is 0 Å². The summed E-state index contributed by atoms with van der Waals surface area (Å²) >= 11 is 0. The van der Waals surface area contributed by atoms with Crippen molar-refractivity contribution in [3.8, 4) is 0 Å². The third-order valence-corrected chi connectivity index (χ3v) is 3.51. The second-order valence-electron chi connectivity index (χ2n) is 4.81. The van der Waals surface area contributed by atoms with Crippen molar-refractivity contribution in [3.05, 3.63) is 29.3 Å². The van der Waals surface area contributed by atoms with Crippen LogP contribution in [0.3, 0.4) is 0 Å². The number of likely N-dealkylation sites (N-methyl/N-ethyl adjacent to an activating group) is 1. The van der Waals surface area contributed by atoms with Gasteiger partial charge in [-0.1, -0.05) is 25.1 Å². The lowest BCUT2D eigenvalue weighted by Crippen LogP contribution is -2.34. The summed E-state index contributed by atoms with van der Waals surface area (Å²) in [6.07, 6.45) is 0. The lowest BCUT2D eigenvalue weighted by Gasteiger charge is -2.16. The average Bonchev–Trinajstić information content (AvgIpc) is 2.68. The molecule has 0 radical (unpaired) electrons. The number of anilines is 1. The number of amides is 1. The van der Waals surface area contributed by atoms with E-state index in [1.807, 2.05) is 25.1 Å². The zero-order valence-electron chi connectivity index (χ0n) is 11.3. The zero-order chi connectivity index (χ0) is 13.1. The fraction of sp³-hybridized carbons (Fsp3) is 0.500. The summed E-state index contributed by atoms with van der Waals surface area (Å²) in [5.41, 5.74) is 3.17. The highest BCUT2D eigenvalue weighted by Crippen LogP contribution is 2.32. The molecule has 1 aliphatic heterocycles. The normalized spacial score (nSPS) is 18.0. The molecule has 0 aliphatic carbocycles. The van der Waals surface area contributed by atoms with Crippen molar-refractivity contribution < 1.29 is 4.79 Å². The van der Waals surface area contributed by atoms with Gasteiger partial charge in [-0.05, 0) is 26.1 Å². The average molecular weight is 247 g/mol. The molecule has 98 valence electrons. The molecule has 1 unspecified atom stereocenters. The molecule has 1 heterocycles. The molecule has 0 fully saturated rings. The van der Waals surface area contributed by atoms with E-state index in [2.05, 4.69) is 29.5 Å². The second kappa shape index (κ2) is 5.50. The van der Waals surface area contributed by atoms with E-state index in [1.54, 1.807) is 0 Å². The van der Waals surface area contributed by atoms with Gasteiger partial charge in [0.2, 0.25) is 5.91 Å². The highest BCUT2D eigenvalue weighted by molar-refractivity contribution is 6.03. The first-order valence-corrected chi connectivity index (χ1v) is 6.45. The maximum Gasteiger partial charge on any atom is 0.246 e. The molecule has 2 rings (SSSR count). The lowest BCUT2D eigenvalue weighted by atomic mass is 10.1. The number of carbonyl (C=O) groups is 1. The molecule has 1 aliphatic rings. The van der Waals surface area contributed by atoms with E-state index in [0.29, 0.717) is 0 Å². The monoisotopic (exact) mass is 247 g/mol. The Hall–Kier alpha value is -1.39. The van der Waals surface area contributed by atoms with E-state index in [4.69, 9.17) is 0 Å². The highest BCUT2D eigenvalue weighted by atomic mass is 16.2. The fourth-order valence-corrected chi connectivity index (χ4v) is 2.20. The second-order valence-corrected chi connectivity index (χ2v) is 4.81. The van der Waals surface area contributed by atoms with Crippen molar-refractivity contribution >= 4 is 11.6 Å². The minimum absolute atomic E-state index is 0.0541. The molecule has 1 aromatic rings. The Bertz CT molecular complexity index is 445. The number of carbonyl (C=O) groups excluding carboxylic acids is 1.